The van der Waals surface area contributed by atoms with Crippen molar-refractivity contribution in [1.82, 2.24) is 9.47 Å². The fraction of sp³-hybridized carbons (Fsp3) is 0.273. The van der Waals surface area contributed by atoms with Gasteiger partial charge in [0.25, 0.3) is 0 Å². The highest BCUT2D eigenvalue weighted by Crippen LogP contribution is 2.34. The Bertz CT molecular complexity index is 1040. The van der Waals surface area contributed by atoms with Crippen LogP contribution in [-0.4, -0.2) is 38.7 Å². The summed E-state index contributed by atoms with van der Waals surface area (Å²) in [6.45, 7) is 3.76. The number of carbonyl (C=O) groups is 1. The van der Waals surface area contributed by atoms with E-state index in [1.54, 1.807) is 19.1 Å². The normalized spacial score (nSPS) is 13.6. The number of ether oxygens (including phenoxy) is 1. The van der Waals surface area contributed by atoms with Crippen LogP contribution in [0.3, 0.4) is 0 Å². The van der Waals surface area contributed by atoms with Crippen molar-refractivity contribution >= 4 is 34.1 Å². The number of aromatic nitrogens is 1. The van der Waals surface area contributed by atoms with Gasteiger partial charge in [-0.1, -0.05) is 42.5 Å². The minimum Gasteiger partial charge on any atom is -0.508 e. The molecule has 5 nitrogen and oxygen atoms in total. The predicted octanol–water partition coefficient (Wildman–Crippen LogP) is 3.64. The van der Waals surface area contributed by atoms with Crippen LogP contribution in [0.1, 0.15) is 23.7 Å². The van der Waals surface area contributed by atoms with E-state index in [4.69, 9.17) is 17.0 Å². The van der Waals surface area contributed by atoms with Gasteiger partial charge < -0.3 is 19.3 Å². The van der Waals surface area contributed by atoms with Crippen molar-refractivity contribution in [3.05, 3.63) is 65.4 Å². The number of fused-ring (bicyclic) bond motifs is 3. The number of esters is 1. The van der Waals surface area contributed by atoms with Crippen molar-refractivity contribution in [2.75, 3.05) is 13.2 Å². The molecule has 4 rings (SSSR count). The van der Waals surface area contributed by atoms with Crippen molar-refractivity contribution in [2.45, 2.75) is 26.4 Å². The molecular formula is C22H22N2O3S. The number of carbonyl (C=O) groups excluding carboxylic acids is 1. The maximum atomic E-state index is 12.2. The number of aromatic hydroxyl groups is 1. The highest BCUT2D eigenvalue weighted by molar-refractivity contribution is 7.80. The van der Waals surface area contributed by atoms with Crippen molar-refractivity contribution in [3.63, 3.8) is 0 Å². The maximum absolute atomic E-state index is 12.2. The highest BCUT2D eigenvalue weighted by atomic mass is 32.1. The molecule has 0 spiro atoms. The summed E-state index contributed by atoms with van der Waals surface area (Å²) in [6.07, 6.45) is 0.804. The average Bonchev–Trinajstić information content (AvgIpc) is 2.98. The lowest BCUT2D eigenvalue weighted by Gasteiger charge is -2.31. The standard InChI is InChI=1S/C22H22N2O3S/c1-2-27-20(26)14-24-19-9-8-16(25)12-18(19)17-10-11-23(22(28)21(17)24)13-15-6-4-3-5-7-15/h3-9,12,25H,2,10-11,13-14H2,1H3. The summed E-state index contributed by atoms with van der Waals surface area (Å²) in [5.41, 5.74) is 4.05. The highest BCUT2D eigenvalue weighted by Gasteiger charge is 2.29. The Hall–Kier alpha value is -2.86. The number of phenolic OH excluding ortho intramolecular Hbond substituents is 1. The summed E-state index contributed by atoms with van der Waals surface area (Å²) in [4.78, 5) is 15.1. The molecule has 0 saturated carbocycles. The van der Waals surface area contributed by atoms with Crippen molar-refractivity contribution < 1.29 is 14.6 Å². The number of rotatable bonds is 5. The van der Waals surface area contributed by atoms with Crippen LogP contribution in [0.5, 0.6) is 5.75 Å². The molecule has 6 heteroatoms. The first kappa shape index (κ1) is 18.5. The summed E-state index contributed by atoms with van der Waals surface area (Å²) in [6, 6.07) is 15.5. The lowest BCUT2D eigenvalue weighted by Crippen LogP contribution is -2.37. The largest absolute Gasteiger partial charge is 0.508 e. The number of thiocarbonyl (C=S) groups is 1. The topological polar surface area (TPSA) is 54.7 Å². The Morgan fingerprint density at radius 1 is 1.21 bits per heavy atom. The number of hydrogen-bond acceptors (Lipinski definition) is 4. The first-order valence-corrected chi connectivity index (χ1v) is 9.82. The van der Waals surface area contributed by atoms with Gasteiger partial charge in [-0.05, 0) is 42.7 Å². The molecule has 2 aromatic carbocycles. The molecule has 0 saturated heterocycles. The van der Waals surface area contributed by atoms with E-state index in [0.29, 0.717) is 6.61 Å². The fourth-order valence-electron chi connectivity index (χ4n) is 3.86. The van der Waals surface area contributed by atoms with Gasteiger partial charge in [0.05, 0.1) is 12.3 Å². The van der Waals surface area contributed by atoms with E-state index in [-0.39, 0.29) is 18.3 Å². The van der Waals surface area contributed by atoms with E-state index in [1.807, 2.05) is 28.8 Å². The molecule has 3 aromatic rings. The molecule has 0 amide bonds. The molecule has 144 valence electrons. The number of phenols is 1. The van der Waals surface area contributed by atoms with Gasteiger partial charge in [-0.15, -0.1) is 0 Å². The van der Waals surface area contributed by atoms with Gasteiger partial charge in [-0.3, -0.25) is 4.79 Å². The first-order valence-electron chi connectivity index (χ1n) is 9.41. The van der Waals surface area contributed by atoms with E-state index in [1.165, 1.54) is 5.56 Å². The van der Waals surface area contributed by atoms with Gasteiger partial charge in [-0.25, -0.2) is 0 Å². The van der Waals surface area contributed by atoms with E-state index < -0.39 is 0 Å². The summed E-state index contributed by atoms with van der Waals surface area (Å²) in [5, 5.41) is 10.9. The summed E-state index contributed by atoms with van der Waals surface area (Å²) < 4.78 is 7.10. The predicted molar refractivity (Wildman–Crippen MR) is 112 cm³/mol. The number of benzene rings is 2. The van der Waals surface area contributed by atoms with Gasteiger partial charge in [0.2, 0.25) is 0 Å². The Balaban J connectivity index is 1.77. The summed E-state index contributed by atoms with van der Waals surface area (Å²) >= 11 is 5.85. The van der Waals surface area contributed by atoms with Crippen LogP contribution in [0, 0.1) is 0 Å². The molecule has 28 heavy (non-hydrogen) atoms. The first-order chi connectivity index (χ1) is 13.6. The molecule has 0 atom stereocenters. The smallest absolute Gasteiger partial charge is 0.325 e. The molecule has 2 heterocycles. The second-order valence-electron chi connectivity index (χ2n) is 6.88. The van der Waals surface area contributed by atoms with E-state index >= 15 is 0 Å². The molecule has 1 aliphatic heterocycles. The van der Waals surface area contributed by atoms with Gasteiger partial charge in [0.15, 0.2) is 0 Å². The van der Waals surface area contributed by atoms with Crippen molar-refractivity contribution in [2.24, 2.45) is 0 Å². The Morgan fingerprint density at radius 2 is 2.00 bits per heavy atom. The van der Waals surface area contributed by atoms with Crippen LogP contribution in [-0.2, 0) is 29.0 Å². The Kier molecular flexibility index (Phi) is 5.05. The van der Waals surface area contributed by atoms with E-state index in [2.05, 4.69) is 17.0 Å². The zero-order valence-corrected chi connectivity index (χ0v) is 16.5. The van der Waals surface area contributed by atoms with Gasteiger partial charge in [0, 0.05) is 24.0 Å². The minimum absolute atomic E-state index is 0.101. The second-order valence-corrected chi connectivity index (χ2v) is 7.27. The molecule has 0 fully saturated rings. The third-order valence-corrected chi connectivity index (χ3v) is 5.53. The quantitative estimate of drug-likeness (QED) is 0.529. The molecule has 0 radical (unpaired) electrons. The minimum atomic E-state index is -0.293. The summed E-state index contributed by atoms with van der Waals surface area (Å²) in [5.74, 6) is -0.0838. The molecular weight excluding hydrogens is 372 g/mol. The molecule has 1 aliphatic rings. The SMILES string of the molecule is CCOC(=O)Cn1c2c(c3cc(O)ccc31)CCN(Cc1ccccc1)C2=S. The molecule has 0 aliphatic carbocycles. The number of nitrogens with zero attached hydrogens (tertiary/aromatic N) is 2. The van der Waals surface area contributed by atoms with Crippen LogP contribution >= 0.6 is 12.2 Å². The maximum Gasteiger partial charge on any atom is 0.325 e. The Morgan fingerprint density at radius 3 is 2.75 bits per heavy atom. The monoisotopic (exact) mass is 394 g/mol. The lowest BCUT2D eigenvalue weighted by molar-refractivity contribution is -0.143. The number of hydrogen-bond donors (Lipinski definition) is 1. The third kappa shape index (κ3) is 3.36. The van der Waals surface area contributed by atoms with Crippen molar-refractivity contribution in [1.29, 1.82) is 0 Å². The Labute approximate surface area is 169 Å². The third-order valence-electron chi connectivity index (χ3n) is 5.08. The fourth-order valence-corrected chi connectivity index (χ4v) is 4.25. The van der Waals surface area contributed by atoms with E-state index in [0.717, 1.165) is 46.7 Å². The van der Waals surface area contributed by atoms with Crippen LogP contribution in [0.25, 0.3) is 10.9 Å². The molecule has 1 aromatic heterocycles. The molecule has 0 unspecified atom stereocenters. The van der Waals surface area contributed by atoms with Gasteiger partial charge >= 0.3 is 5.97 Å². The van der Waals surface area contributed by atoms with E-state index in [9.17, 15) is 9.90 Å². The van der Waals surface area contributed by atoms with Gasteiger partial charge in [-0.2, -0.15) is 0 Å². The van der Waals surface area contributed by atoms with Gasteiger partial charge in [0.1, 0.15) is 17.3 Å². The zero-order chi connectivity index (χ0) is 19.7. The van der Waals surface area contributed by atoms with Crippen molar-refractivity contribution in [3.8, 4) is 5.75 Å². The molecule has 0 bridgehead atoms. The van der Waals surface area contributed by atoms with Crippen LogP contribution in [0.2, 0.25) is 0 Å². The zero-order valence-electron chi connectivity index (χ0n) is 15.7. The van der Waals surface area contributed by atoms with Crippen LogP contribution in [0.4, 0.5) is 0 Å². The van der Waals surface area contributed by atoms with Crippen LogP contribution < -0.4 is 0 Å². The lowest BCUT2D eigenvalue weighted by atomic mass is 10.0. The summed E-state index contributed by atoms with van der Waals surface area (Å²) in [7, 11) is 0. The van der Waals surface area contributed by atoms with Crippen LogP contribution in [0.15, 0.2) is 48.5 Å². The average molecular weight is 394 g/mol. The second kappa shape index (κ2) is 7.64. The molecule has 1 N–H and O–H groups in total.